The third kappa shape index (κ3) is 4.47. The summed E-state index contributed by atoms with van der Waals surface area (Å²) in [6, 6.07) is 2.04. The van der Waals surface area contributed by atoms with E-state index in [9.17, 15) is 26.3 Å². The van der Waals surface area contributed by atoms with Gasteiger partial charge >= 0.3 is 12.4 Å². The molecule has 2 heterocycles. The van der Waals surface area contributed by atoms with Crippen molar-refractivity contribution in [1.29, 1.82) is 0 Å². The quantitative estimate of drug-likeness (QED) is 0.448. The third-order valence-electron chi connectivity index (χ3n) is 4.60. The molecule has 1 aliphatic rings. The van der Waals surface area contributed by atoms with Gasteiger partial charge in [0.25, 0.3) is 0 Å². The number of nitrogens with one attached hydrogen (secondary N) is 2. The van der Waals surface area contributed by atoms with Crippen molar-refractivity contribution in [2.45, 2.75) is 31.2 Å². The van der Waals surface area contributed by atoms with E-state index in [4.69, 9.17) is 11.5 Å². The smallest absolute Gasteiger partial charge is 0.397 e. The minimum atomic E-state index is -4.84. The number of halogens is 6. The third-order valence-corrected chi connectivity index (χ3v) is 4.60. The number of piperidine rings is 1. The van der Waals surface area contributed by atoms with E-state index in [0.717, 1.165) is 31.5 Å². The van der Waals surface area contributed by atoms with E-state index in [1.807, 2.05) is 0 Å². The maximum Gasteiger partial charge on any atom is 0.418 e. The Kier molecular flexibility index (Phi) is 5.48. The summed E-state index contributed by atoms with van der Waals surface area (Å²) >= 11 is 0. The van der Waals surface area contributed by atoms with Gasteiger partial charge < -0.3 is 22.1 Å². The molecule has 3 rings (SSSR count). The minimum absolute atomic E-state index is 0.0896. The number of anilines is 3. The van der Waals surface area contributed by atoms with E-state index >= 15 is 0 Å². The van der Waals surface area contributed by atoms with E-state index in [1.54, 1.807) is 0 Å². The lowest BCUT2D eigenvalue weighted by Gasteiger charge is -2.24. The lowest BCUT2D eigenvalue weighted by atomic mass is 10.00. The van der Waals surface area contributed by atoms with Gasteiger partial charge in [-0.1, -0.05) is 0 Å². The van der Waals surface area contributed by atoms with Crippen LogP contribution in [0.2, 0.25) is 0 Å². The van der Waals surface area contributed by atoms with Crippen LogP contribution in [0, 0.1) is 0 Å². The molecular weight excluding hydrogens is 402 g/mol. The molecule has 1 atom stereocenters. The van der Waals surface area contributed by atoms with Crippen LogP contribution in [-0.4, -0.2) is 29.3 Å². The van der Waals surface area contributed by atoms with E-state index in [0.29, 0.717) is 12.6 Å². The topological polar surface area (TPSA) is 102 Å². The highest BCUT2D eigenvalue weighted by molar-refractivity contribution is 5.86. The molecule has 6 N–H and O–H groups in total. The maximum absolute atomic E-state index is 13.6. The number of aromatic nitrogens is 2. The summed E-state index contributed by atoms with van der Waals surface area (Å²) in [5, 5.41) is 13.4. The van der Waals surface area contributed by atoms with Crippen molar-refractivity contribution in [3.8, 4) is 11.3 Å². The van der Waals surface area contributed by atoms with Crippen molar-refractivity contribution in [3.05, 3.63) is 29.3 Å². The van der Waals surface area contributed by atoms with Crippen LogP contribution in [-0.2, 0) is 12.4 Å². The lowest BCUT2D eigenvalue weighted by molar-refractivity contribution is -0.138. The van der Waals surface area contributed by atoms with Gasteiger partial charge in [-0.15, -0.1) is 10.2 Å². The normalized spacial score (nSPS) is 17.9. The molecule has 1 aromatic heterocycles. The predicted octanol–water partition coefficient (Wildman–Crippen LogP) is 3.51. The molecule has 1 aliphatic heterocycles. The summed E-state index contributed by atoms with van der Waals surface area (Å²) in [6.07, 6.45) is -8.02. The highest BCUT2D eigenvalue weighted by atomic mass is 19.4. The van der Waals surface area contributed by atoms with Gasteiger partial charge in [0.05, 0.1) is 22.5 Å². The van der Waals surface area contributed by atoms with Crippen molar-refractivity contribution < 1.29 is 26.3 Å². The first-order valence-corrected chi connectivity index (χ1v) is 8.66. The molecule has 0 bridgehead atoms. The average molecular weight is 420 g/mol. The molecule has 0 amide bonds. The second kappa shape index (κ2) is 7.58. The fraction of sp³-hybridized carbons (Fsp3) is 0.412. The Labute approximate surface area is 161 Å². The Balaban J connectivity index is 2.04. The number of alkyl halides is 6. The van der Waals surface area contributed by atoms with E-state index in [1.165, 1.54) is 0 Å². The van der Waals surface area contributed by atoms with Crippen LogP contribution in [0.15, 0.2) is 18.2 Å². The number of benzene rings is 1. The molecule has 0 radical (unpaired) electrons. The van der Waals surface area contributed by atoms with E-state index in [2.05, 4.69) is 20.8 Å². The number of hydrogen-bond donors (Lipinski definition) is 4. The summed E-state index contributed by atoms with van der Waals surface area (Å²) in [5.41, 5.74) is 6.08. The molecule has 1 saturated heterocycles. The van der Waals surface area contributed by atoms with Gasteiger partial charge in [-0.25, -0.2) is 0 Å². The molecule has 158 valence electrons. The highest BCUT2D eigenvalue weighted by Gasteiger charge is 2.38. The molecule has 12 heteroatoms. The zero-order valence-corrected chi connectivity index (χ0v) is 15.0. The van der Waals surface area contributed by atoms with Crippen molar-refractivity contribution in [2.24, 2.45) is 0 Å². The minimum Gasteiger partial charge on any atom is -0.397 e. The molecule has 1 fully saturated rings. The zero-order valence-electron chi connectivity index (χ0n) is 15.0. The Morgan fingerprint density at radius 3 is 2.24 bits per heavy atom. The fourth-order valence-electron chi connectivity index (χ4n) is 3.15. The van der Waals surface area contributed by atoms with Crippen molar-refractivity contribution in [2.75, 3.05) is 29.9 Å². The van der Waals surface area contributed by atoms with Gasteiger partial charge in [-0.2, -0.15) is 26.3 Å². The molecule has 0 aliphatic carbocycles. The Morgan fingerprint density at radius 1 is 0.966 bits per heavy atom. The Hall–Kier alpha value is -2.76. The predicted molar refractivity (Wildman–Crippen MR) is 95.8 cm³/mol. The van der Waals surface area contributed by atoms with Crippen LogP contribution in [0.1, 0.15) is 24.0 Å². The summed E-state index contributed by atoms with van der Waals surface area (Å²) in [6.45, 7) is 1.39. The molecule has 29 heavy (non-hydrogen) atoms. The van der Waals surface area contributed by atoms with E-state index in [-0.39, 0.29) is 17.4 Å². The number of hydrogen-bond acceptors (Lipinski definition) is 6. The van der Waals surface area contributed by atoms with Crippen LogP contribution < -0.4 is 22.1 Å². The molecular formula is C17H18F6N6. The molecule has 6 nitrogen and oxygen atoms in total. The lowest BCUT2D eigenvalue weighted by Crippen LogP contribution is -2.38. The molecule has 1 aromatic carbocycles. The van der Waals surface area contributed by atoms with Gasteiger partial charge in [-0.05, 0) is 37.6 Å². The fourth-order valence-corrected chi connectivity index (χ4v) is 3.15. The van der Waals surface area contributed by atoms with Gasteiger partial charge in [0.2, 0.25) is 0 Å². The van der Waals surface area contributed by atoms with Crippen molar-refractivity contribution in [3.63, 3.8) is 0 Å². The average Bonchev–Trinajstić information content (AvgIpc) is 2.63. The molecule has 1 unspecified atom stereocenters. The summed E-state index contributed by atoms with van der Waals surface area (Å²) < 4.78 is 79.8. The molecule has 2 aromatic rings. The number of nitrogens with zero attached hydrogens (tertiary/aromatic N) is 2. The first-order valence-electron chi connectivity index (χ1n) is 8.66. The largest absolute Gasteiger partial charge is 0.418 e. The van der Waals surface area contributed by atoms with Crippen LogP contribution >= 0.6 is 0 Å². The monoisotopic (exact) mass is 420 g/mol. The number of rotatable bonds is 3. The van der Waals surface area contributed by atoms with Crippen molar-refractivity contribution in [1.82, 2.24) is 15.5 Å². The molecule has 0 spiro atoms. The second-order valence-corrected chi connectivity index (χ2v) is 6.66. The van der Waals surface area contributed by atoms with Gasteiger partial charge in [0.1, 0.15) is 11.5 Å². The highest BCUT2D eigenvalue weighted by Crippen LogP contribution is 2.43. The second-order valence-electron chi connectivity index (χ2n) is 6.66. The first-order chi connectivity index (χ1) is 13.5. The first kappa shape index (κ1) is 21.0. The van der Waals surface area contributed by atoms with Crippen LogP contribution in [0.5, 0.6) is 0 Å². The van der Waals surface area contributed by atoms with E-state index < -0.39 is 40.5 Å². The SMILES string of the molecule is Nc1c(-c2nnc(NC3CCCNC3)cc2C(F)(F)F)ccc(C(F)(F)F)c1N. The summed E-state index contributed by atoms with van der Waals surface area (Å²) in [5.74, 6) is -0.0896. The number of nitrogens with two attached hydrogens (primary N) is 2. The van der Waals surface area contributed by atoms with Crippen molar-refractivity contribution >= 4 is 17.2 Å². The Bertz CT molecular complexity index is 889. The molecule has 0 saturated carbocycles. The Morgan fingerprint density at radius 2 is 1.66 bits per heavy atom. The summed E-state index contributed by atoms with van der Waals surface area (Å²) in [4.78, 5) is 0. The maximum atomic E-state index is 13.6. The van der Waals surface area contributed by atoms with Gasteiger partial charge in [0.15, 0.2) is 0 Å². The van der Waals surface area contributed by atoms with Gasteiger partial charge in [0, 0.05) is 18.2 Å². The van der Waals surface area contributed by atoms with Crippen LogP contribution in [0.25, 0.3) is 11.3 Å². The summed E-state index contributed by atoms with van der Waals surface area (Å²) in [7, 11) is 0. The van der Waals surface area contributed by atoms with Crippen LogP contribution in [0.3, 0.4) is 0 Å². The standard InChI is InChI=1S/C17H18F6N6/c18-16(19,20)10-4-3-9(13(24)14(10)25)15-11(17(21,22)23)6-12(28-29-15)27-8-2-1-5-26-7-8/h3-4,6,8,26H,1-2,5,7,24-25H2,(H,27,28). The van der Waals surface area contributed by atoms with Gasteiger partial charge in [-0.3, -0.25) is 0 Å². The zero-order chi connectivity index (χ0) is 21.4. The van der Waals surface area contributed by atoms with Crippen LogP contribution in [0.4, 0.5) is 43.5 Å². The number of nitrogen functional groups attached to an aromatic ring is 2.